The molecule has 1 amide bonds. The van der Waals surface area contributed by atoms with E-state index in [2.05, 4.69) is 0 Å². The zero-order valence-corrected chi connectivity index (χ0v) is 23.4. The van der Waals surface area contributed by atoms with Crippen LogP contribution in [0, 0.1) is 6.92 Å². The fourth-order valence-corrected chi connectivity index (χ4v) is 5.80. The van der Waals surface area contributed by atoms with Crippen LogP contribution in [0.2, 0.25) is 0 Å². The molecular weight excluding hydrogens is 550 g/mol. The van der Waals surface area contributed by atoms with Crippen molar-refractivity contribution in [2.45, 2.75) is 44.6 Å². The number of benzene rings is 2. The Balaban J connectivity index is 1.39. The van der Waals surface area contributed by atoms with Crippen LogP contribution in [0.4, 0.5) is 14.5 Å². The number of carbonyl (C=O) groups is 1. The highest BCUT2D eigenvalue weighted by molar-refractivity contribution is 6.07. The first kappa shape index (κ1) is 28.0. The molecule has 0 spiro atoms. The summed E-state index contributed by atoms with van der Waals surface area (Å²) in [6.07, 6.45) is -1.06. The number of pyridine rings is 1. The van der Waals surface area contributed by atoms with Crippen molar-refractivity contribution in [1.29, 1.82) is 0 Å². The second-order valence-corrected chi connectivity index (χ2v) is 10.9. The van der Waals surface area contributed by atoms with Gasteiger partial charge < -0.3 is 33.8 Å². The highest BCUT2D eigenvalue weighted by Gasteiger charge is 2.31. The zero-order valence-electron chi connectivity index (χ0n) is 23.4. The Hall–Kier alpha value is -4.19. The van der Waals surface area contributed by atoms with Crippen molar-refractivity contribution in [2.24, 2.45) is 12.8 Å². The molecule has 4 aromatic rings. The fraction of sp³-hybridized carbons (Fsp3) is 0.433. The number of anilines is 1. The molecule has 10 nitrogen and oxygen atoms in total. The molecule has 2 saturated heterocycles. The summed E-state index contributed by atoms with van der Waals surface area (Å²) in [4.78, 5) is 32.8. The van der Waals surface area contributed by atoms with Gasteiger partial charge in [0.05, 0.1) is 24.4 Å². The third-order valence-corrected chi connectivity index (χ3v) is 7.95. The Labute approximate surface area is 239 Å². The fourth-order valence-electron chi connectivity index (χ4n) is 5.80. The maximum Gasteiger partial charge on any atom is 0.272 e. The highest BCUT2D eigenvalue weighted by atomic mass is 19.3. The molecule has 0 saturated carbocycles. The smallest absolute Gasteiger partial charge is 0.272 e. The molecule has 1 atom stereocenters. The molecule has 2 aromatic heterocycles. The first-order valence-corrected chi connectivity index (χ1v) is 14.0. The van der Waals surface area contributed by atoms with Crippen LogP contribution in [-0.4, -0.2) is 60.9 Å². The molecule has 0 aliphatic carbocycles. The molecule has 2 aliphatic heterocycles. The van der Waals surface area contributed by atoms with E-state index in [1.165, 1.54) is 11.6 Å². The average Bonchev–Trinajstić information content (AvgIpc) is 3.63. The van der Waals surface area contributed by atoms with E-state index in [0.29, 0.717) is 68.0 Å². The molecule has 42 heavy (non-hydrogen) atoms. The molecule has 4 heterocycles. The number of fused-ring (bicyclic) bond motifs is 2. The number of hydrogen-bond donors (Lipinski definition) is 1. The third-order valence-electron chi connectivity index (χ3n) is 7.95. The van der Waals surface area contributed by atoms with E-state index in [1.807, 2.05) is 30.0 Å². The Morgan fingerprint density at radius 1 is 1.17 bits per heavy atom. The number of alkyl halides is 2. The number of carbonyl (C=O) groups excluding carboxylic acids is 1. The van der Waals surface area contributed by atoms with Crippen molar-refractivity contribution in [3.63, 3.8) is 0 Å². The van der Waals surface area contributed by atoms with Gasteiger partial charge in [-0.15, -0.1) is 0 Å². The highest BCUT2D eigenvalue weighted by Crippen LogP contribution is 2.41. The van der Waals surface area contributed by atoms with E-state index in [4.69, 9.17) is 29.3 Å². The Morgan fingerprint density at radius 2 is 1.95 bits per heavy atom. The number of halogens is 2. The molecular formula is C30H32F2N4O6. The SMILES string of the molecule is Cc1ccc2oc(C3CCN(c4c(C(N)=O)c(=O)n(C)c5cc(OC6CCOC6)c(OCC(F)F)cc45)CC3)nc2c1. The monoisotopic (exact) mass is 582 g/mol. The molecule has 2 N–H and O–H groups in total. The van der Waals surface area contributed by atoms with Crippen LogP contribution < -0.4 is 25.7 Å². The standard InChI is InChI=1S/C30H32F2N4O6/c1-16-3-4-22-20(11-16)34-29(42-22)17-5-8-36(9-6-17)27-19-12-23(40-15-25(31)32)24(41-18-7-10-39-14-18)13-21(19)35(2)30(38)26(27)28(33)37/h3-4,11-13,17-18,25H,5-10,14-15H2,1-2H3,(H2,33,37). The predicted molar refractivity (Wildman–Crippen MR) is 152 cm³/mol. The number of piperidine rings is 1. The van der Waals surface area contributed by atoms with Crippen LogP contribution in [0.1, 0.15) is 47.0 Å². The molecule has 222 valence electrons. The largest absolute Gasteiger partial charge is 0.484 e. The van der Waals surface area contributed by atoms with Crippen molar-refractivity contribution in [1.82, 2.24) is 9.55 Å². The minimum atomic E-state index is -2.71. The van der Waals surface area contributed by atoms with Crippen molar-refractivity contribution in [2.75, 3.05) is 37.8 Å². The number of ether oxygens (including phenoxy) is 3. The topological polar surface area (TPSA) is 122 Å². The maximum absolute atomic E-state index is 13.5. The van der Waals surface area contributed by atoms with Gasteiger partial charge in [-0.2, -0.15) is 0 Å². The number of aromatic nitrogens is 2. The van der Waals surface area contributed by atoms with Crippen LogP contribution in [0.5, 0.6) is 11.5 Å². The Bertz CT molecular complexity index is 1700. The second-order valence-electron chi connectivity index (χ2n) is 10.9. The minimum absolute atomic E-state index is 0.0439. The molecule has 1 unspecified atom stereocenters. The number of nitrogens with two attached hydrogens (primary N) is 1. The van der Waals surface area contributed by atoms with E-state index in [9.17, 15) is 18.4 Å². The predicted octanol–water partition coefficient (Wildman–Crippen LogP) is 4.28. The van der Waals surface area contributed by atoms with Crippen LogP contribution in [-0.2, 0) is 11.8 Å². The zero-order chi connectivity index (χ0) is 29.5. The van der Waals surface area contributed by atoms with E-state index in [1.54, 1.807) is 12.1 Å². The number of nitrogens with zero attached hydrogens (tertiary/aromatic N) is 3. The normalized spacial score (nSPS) is 17.9. The number of amides is 1. The lowest BCUT2D eigenvalue weighted by atomic mass is 9.95. The van der Waals surface area contributed by atoms with Gasteiger partial charge in [0.15, 0.2) is 23.0 Å². The molecule has 0 radical (unpaired) electrons. The summed E-state index contributed by atoms with van der Waals surface area (Å²) in [5.41, 5.74) is 8.46. The van der Waals surface area contributed by atoms with Gasteiger partial charge in [0.2, 0.25) is 0 Å². The Kier molecular flexibility index (Phi) is 7.48. The van der Waals surface area contributed by atoms with Gasteiger partial charge in [-0.3, -0.25) is 9.59 Å². The summed E-state index contributed by atoms with van der Waals surface area (Å²) < 4.78 is 50.7. The van der Waals surface area contributed by atoms with Gasteiger partial charge in [-0.05, 0) is 43.5 Å². The van der Waals surface area contributed by atoms with Crippen molar-refractivity contribution >= 4 is 33.6 Å². The summed E-state index contributed by atoms with van der Waals surface area (Å²) in [6.45, 7) is 2.99. The maximum atomic E-state index is 13.5. The molecule has 2 fully saturated rings. The summed E-state index contributed by atoms with van der Waals surface area (Å²) in [5.74, 6) is 0.127. The van der Waals surface area contributed by atoms with Crippen LogP contribution >= 0.6 is 0 Å². The van der Waals surface area contributed by atoms with Crippen molar-refractivity contribution in [3.8, 4) is 11.5 Å². The summed E-state index contributed by atoms with van der Waals surface area (Å²) in [7, 11) is 1.53. The van der Waals surface area contributed by atoms with Gasteiger partial charge >= 0.3 is 0 Å². The van der Waals surface area contributed by atoms with Gasteiger partial charge in [-0.1, -0.05) is 6.07 Å². The number of hydrogen-bond acceptors (Lipinski definition) is 8. The molecule has 0 bridgehead atoms. The molecule has 2 aliphatic rings. The van der Waals surface area contributed by atoms with Gasteiger partial charge in [0.25, 0.3) is 17.9 Å². The molecule has 12 heteroatoms. The molecule has 6 rings (SSSR count). The summed E-state index contributed by atoms with van der Waals surface area (Å²) in [6, 6.07) is 9.01. The Morgan fingerprint density at radius 3 is 2.64 bits per heavy atom. The lowest BCUT2D eigenvalue weighted by Crippen LogP contribution is -2.38. The number of aryl methyl sites for hydroxylation is 2. The summed E-state index contributed by atoms with van der Waals surface area (Å²) in [5, 5.41) is 0.473. The second kappa shape index (κ2) is 11.2. The van der Waals surface area contributed by atoms with Gasteiger partial charge in [0.1, 0.15) is 23.8 Å². The lowest BCUT2D eigenvalue weighted by molar-refractivity contribution is 0.0778. The van der Waals surface area contributed by atoms with Gasteiger partial charge in [0, 0.05) is 43.9 Å². The minimum Gasteiger partial charge on any atom is -0.484 e. The van der Waals surface area contributed by atoms with Crippen LogP contribution in [0.3, 0.4) is 0 Å². The van der Waals surface area contributed by atoms with E-state index in [-0.39, 0.29) is 29.1 Å². The summed E-state index contributed by atoms with van der Waals surface area (Å²) >= 11 is 0. The van der Waals surface area contributed by atoms with Crippen LogP contribution in [0.25, 0.3) is 22.0 Å². The van der Waals surface area contributed by atoms with Gasteiger partial charge in [-0.25, -0.2) is 13.8 Å². The van der Waals surface area contributed by atoms with Crippen molar-refractivity contribution < 1.29 is 32.2 Å². The number of primary amides is 1. The van der Waals surface area contributed by atoms with E-state index < -0.39 is 24.5 Å². The van der Waals surface area contributed by atoms with Crippen molar-refractivity contribution in [3.05, 3.63) is 57.7 Å². The quantitative estimate of drug-likeness (QED) is 0.327. The first-order valence-electron chi connectivity index (χ1n) is 14.0. The van der Waals surface area contributed by atoms with E-state index >= 15 is 0 Å². The lowest BCUT2D eigenvalue weighted by Gasteiger charge is -2.34. The molecule has 2 aromatic carbocycles. The van der Waals surface area contributed by atoms with Crippen LogP contribution in [0.15, 0.2) is 39.5 Å². The first-order chi connectivity index (χ1) is 20.2. The van der Waals surface area contributed by atoms with E-state index in [0.717, 1.165) is 16.7 Å². The average molecular weight is 583 g/mol. The third kappa shape index (κ3) is 5.26. The number of oxazole rings is 1. The number of rotatable bonds is 8.